The third-order valence-electron chi connectivity index (χ3n) is 1.99. The standard InChI is InChI=1S/C11H14F3NO2S/c1-16-8-6-10(18-11(12,13)14)9(17-2)5-7(8)3-4-15/h5-6H,3-4,15H2,1-2H3/i1D3,2D3. The Morgan fingerprint density at radius 3 is 2.50 bits per heavy atom. The maximum absolute atomic E-state index is 12.7. The van der Waals surface area contributed by atoms with Gasteiger partial charge in [-0.1, -0.05) is 0 Å². The van der Waals surface area contributed by atoms with Gasteiger partial charge in [0.25, 0.3) is 0 Å². The molecule has 1 aromatic rings. The van der Waals surface area contributed by atoms with Crippen LogP contribution in [0.4, 0.5) is 13.2 Å². The second kappa shape index (κ2) is 6.19. The number of benzene rings is 1. The molecule has 0 heterocycles. The Kier molecular flexibility index (Phi) is 2.81. The van der Waals surface area contributed by atoms with Crippen molar-refractivity contribution in [2.45, 2.75) is 16.8 Å². The van der Waals surface area contributed by atoms with Crippen LogP contribution in [0.15, 0.2) is 17.0 Å². The Morgan fingerprint density at radius 2 is 1.94 bits per heavy atom. The smallest absolute Gasteiger partial charge is 0.446 e. The molecule has 0 aliphatic rings. The van der Waals surface area contributed by atoms with Gasteiger partial charge in [-0.15, -0.1) is 0 Å². The third-order valence-corrected chi connectivity index (χ3v) is 2.76. The van der Waals surface area contributed by atoms with Gasteiger partial charge in [-0.3, -0.25) is 0 Å². The Morgan fingerprint density at radius 1 is 1.28 bits per heavy atom. The summed E-state index contributed by atoms with van der Waals surface area (Å²) in [6.07, 6.45) is 0.0553. The lowest BCUT2D eigenvalue weighted by Gasteiger charge is -2.15. The summed E-state index contributed by atoms with van der Waals surface area (Å²) in [6.45, 7) is 0.0380. The second-order valence-electron chi connectivity index (χ2n) is 3.20. The first-order valence-corrected chi connectivity index (χ1v) is 5.52. The lowest BCUT2D eigenvalue weighted by Crippen LogP contribution is -2.06. The zero-order valence-electron chi connectivity index (χ0n) is 15.0. The minimum atomic E-state index is -4.74. The fraction of sp³-hybridized carbons (Fsp3) is 0.455. The Bertz CT molecular complexity index is 577. The lowest BCUT2D eigenvalue weighted by atomic mass is 10.1. The quantitative estimate of drug-likeness (QED) is 0.846. The molecule has 0 atom stereocenters. The number of methoxy groups -OCH3 is 2. The molecule has 0 fully saturated rings. The van der Waals surface area contributed by atoms with E-state index in [9.17, 15) is 13.2 Å². The van der Waals surface area contributed by atoms with Crippen molar-refractivity contribution in [3.8, 4) is 11.5 Å². The van der Waals surface area contributed by atoms with Crippen LogP contribution in [0.3, 0.4) is 0 Å². The number of rotatable bonds is 5. The SMILES string of the molecule is [2H]C([2H])([2H])Oc1cc(SC(F)(F)F)c(OC([2H])([2H])[2H])cc1CCN. The average molecular weight is 287 g/mol. The lowest BCUT2D eigenvalue weighted by molar-refractivity contribution is -0.0328. The predicted molar refractivity (Wildman–Crippen MR) is 64.2 cm³/mol. The first-order chi connectivity index (χ1) is 10.7. The summed E-state index contributed by atoms with van der Waals surface area (Å²) in [5, 5.41) is 0. The van der Waals surface area contributed by atoms with Crippen molar-refractivity contribution in [2.75, 3.05) is 20.6 Å². The first-order valence-electron chi connectivity index (χ1n) is 7.71. The molecule has 0 bridgehead atoms. The van der Waals surface area contributed by atoms with E-state index in [1.54, 1.807) is 0 Å². The molecule has 0 saturated heterocycles. The Balaban J connectivity index is 3.41. The minimum absolute atomic E-state index is 0.0380. The highest BCUT2D eigenvalue weighted by atomic mass is 32.2. The molecule has 0 spiro atoms. The second-order valence-corrected chi connectivity index (χ2v) is 4.30. The summed E-state index contributed by atoms with van der Waals surface area (Å²) >= 11 is -0.635. The van der Waals surface area contributed by atoms with Gasteiger partial charge >= 0.3 is 5.51 Å². The van der Waals surface area contributed by atoms with Crippen LogP contribution in [0.5, 0.6) is 11.5 Å². The highest BCUT2D eigenvalue weighted by Gasteiger charge is 2.31. The summed E-state index contributed by atoms with van der Waals surface area (Å²) < 4.78 is 89.6. The fourth-order valence-corrected chi connectivity index (χ4v) is 1.93. The van der Waals surface area contributed by atoms with E-state index in [0.717, 1.165) is 12.1 Å². The molecule has 7 heteroatoms. The van der Waals surface area contributed by atoms with E-state index in [0.29, 0.717) is 0 Å². The van der Waals surface area contributed by atoms with E-state index < -0.39 is 42.0 Å². The molecule has 0 saturated carbocycles. The van der Waals surface area contributed by atoms with Crippen LogP contribution in [0.1, 0.15) is 13.8 Å². The number of thioether (sulfide) groups is 1. The van der Waals surface area contributed by atoms with Gasteiger partial charge in [-0.05, 0) is 42.4 Å². The van der Waals surface area contributed by atoms with Crippen LogP contribution in [0.25, 0.3) is 0 Å². The molecule has 0 aromatic heterocycles. The first kappa shape index (κ1) is 8.16. The molecule has 0 radical (unpaired) electrons. The zero-order valence-corrected chi connectivity index (χ0v) is 9.82. The normalized spacial score (nSPS) is 17.8. The highest BCUT2D eigenvalue weighted by molar-refractivity contribution is 8.00. The van der Waals surface area contributed by atoms with E-state index in [-0.39, 0.29) is 24.3 Å². The third kappa shape index (κ3) is 3.99. The number of hydrogen-bond donors (Lipinski definition) is 1. The van der Waals surface area contributed by atoms with Crippen molar-refractivity contribution in [3.05, 3.63) is 17.7 Å². The topological polar surface area (TPSA) is 44.5 Å². The van der Waals surface area contributed by atoms with Gasteiger partial charge in [-0.25, -0.2) is 0 Å². The largest absolute Gasteiger partial charge is 0.496 e. The van der Waals surface area contributed by atoms with E-state index in [4.69, 9.17) is 18.7 Å². The van der Waals surface area contributed by atoms with E-state index in [2.05, 4.69) is 4.74 Å². The van der Waals surface area contributed by atoms with Crippen LogP contribution >= 0.6 is 11.8 Å². The Hall–Kier alpha value is -1.08. The van der Waals surface area contributed by atoms with Crippen molar-refractivity contribution in [1.82, 2.24) is 0 Å². The van der Waals surface area contributed by atoms with Gasteiger partial charge in [-0.2, -0.15) is 13.2 Å². The summed E-state index contributed by atoms with van der Waals surface area (Å²) in [7, 11) is -5.87. The van der Waals surface area contributed by atoms with Crippen molar-refractivity contribution in [1.29, 1.82) is 0 Å². The van der Waals surface area contributed by atoms with Crippen molar-refractivity contribution < 1.29 is 30.9 Å². The monoisotopic (exact) mass is 287 g/mol. The van der Waals surface area contributed by atoms with Crippen LogP contribution in [0, 0.1) is 0 Å². The molecule has 3 nitrogen and oxygen atoms in total. The van der Waals surface area contributed by atoms with Crippen LogP contribution in [-0.2, 0) is 6.42 Å². The van der Waals surface area contributed by atoms with Gasteiger partial charge in [0, 0.05) is 0 Å². The molecular weight excluding hydrogens is 267 g/mol. The van der Waals surface area contributed by atoms with Gasteiger partial charge in [0.15, 0.2) is 0 Å². The molecule has 1 rings (SSSR count). The minimum Gasteiger partial charge on any atom is -0.496 e. The Labute approximate surface area is 116 Å². The van der Waals surface area contributed by atoms with Gasteiger partial charge < -0.3 is 15.2 Å². The summed E-state index contributed by atoms with van der Waals surface area (Å²) in [5.41, 5.74) is 0.765. The number of halogens is 3. The molecule has 0 unspecified atom stereocenters. The molecule has 18 heavy (non-hydrogen) atoms. The maximum atomic E-state index is 12.7. The van der Waals surface area contributed by atoms with E-state index in [1.807, 2.05) is 0 Å². The molecule has 102 valence electrons. The molecule has 1 aromatic carbocycles. The van der Waals surface area contributed by atoms with Crippen molar-refractivity contribution in [2.24, 2.45) is 5.73 Å². The average Bonchev–Trinajstić information content (AvgIpc) is 2.29. The van der Waals surface area contributed by atoms with Crippen LogP contribution < -0.4 is 15.2 Å². The molecule has 2 N–H and O–H groups in total. The maximum Gasteiger partial charge on any atom is 0.446 e. The molecule has 0 amide bonds. The van der Waals surface area contributed by atoms with E-state index in [1.165, 1.54) is 0 Å². The summed E-state index contributed by atoms with van der Waals surface area (Å²) in [5.74, 6) is -0.899. The number of hydrogen-bond acceptors (Lipinski definition) is 4. The van der Waals surface area contributed by atoms with Crippen molar-refractivity contribution >= 4 is 11.8 Å². The number of nitrogens with two attached hydrogens (primary N) is 1. The van der Waals surface area contributed by atoms with Crippen LogP contribution in [0.2, 0.25) is 0 Å². The highest BCUT2D eigenvalue weighted by Crippen LogP contribution is 2.43. The summed E-state index contributed by atoms with van der Waals surface area (Å²) in [4.78, 5) is -0.626. The van der Waals surface area contributed by atoms with Crippen LogP contribution in [-0.4, -0.2) is 26.1 Å². The molecule has 0 aliphatic carbocycles. The number of alkyl halides is 3. The van der Waals surface area contributed by atoms with Gasteiger partial charge in [0.2, 0.25) is 0 Å². The zero-order chi connectivity index (χ0) is 18.8. The molecule has 0 aliphatic heterocycles. The van der Waals surface area contributed by atoms with E-state index >= 15 is 0 Å². The number of ether oxygens (including phenoxy) is 2. The predicted octanol–water partition coefficient (Wildman–Crippen LogP) is 2.82. The van der Waals surface area contributed by atoms with Gasteiger partial charge in [0.05, 0.1) is 27.2 Å². The molecular formula is C11H14F3NO2S. The van der Waals surface area contributed by atoms with Gasteiger partial charge in [0.1, 0.15) is 11.5 Å². The fourth-order valence-electron chi connectivity index (χ4n) is 1.31. The summed E-state index contributed by atoms with van der Waals surface area (Å²) in [6, 6.07) is 1.78. The van der Waals surface area contributed by atoms with Crippen molar-refractivity contribution in [3.63, 3.8) is 0 Å².